The Labute approximate surface area is 112 Å². The molecule has 0 bridgehead atoms. The van der Waals surface area contributed by atoms with Gasteiger partial charge in [0.2, 0.25) is 0 Å². The van der Waals surface area contributed by atoms with Crippen molar-refractivity contribution in [2.75, 3.05) is 20.1 Å². The Morgan fingerprint density at radius 2 is 2.00 bits per heavy atom. The van der Waals surface area contributed by atoms with Crippen LogP contribution in [0.15, 0.2) is 16.5 Å². The van der Waals surface area contributed by atoms with Gasteiger partial charge in [0.1, 0.15) is 11.5 Å². The summed E-state index contributed by atoms with van der Waals surface area (Å²) in [6.45, 7) is 10.6. The summed E-state index contributed by atoms with van der Waals surface area (Å²) in [4.78, 5) is 2.32. The molecule has 104 valence electrons. The topological polar surface area (TPSA) is 28.4 Å². The van der Waals surface area contributed by atoms with Crippen molar-refractivity contribution >= 4 is 0 Å². The molecule has 1 heterocycles. The molecule has 0 aliphatic heterocycles. The fourth-order valence-electron chi connectivity index (χ4n) is 1.81. The highest BCUT2D eigenvalue weighted by Crippen LogP contribution is 2.11. The molecule has 0 amide bonds. The molecule has 0 unspecified atom stereocenters. The molecular formula is C15H28N2O. The first kappa shape index (κ1) is 15.3. The van der Waals surface area contributed by atoms with E-state index < -0.39 is 0 Å². The Kier molecular flexibility index (Phi) is 7.06. The quantitative estimate of drug-likeness (QED) is 0.684. The van der Waals surface area contributed by atoms with Gasteiger partial charge in [-0.25, -0.2) is 0 Å². The van der Waals surface area contributed by atoms with Crippen LogP contribution in [0.25, 0.3) is 0 Å². The second-order valence-corrected chi connectivity index (χ2v) is 5.47. The van der Waals surface area contributed by atoms with Crippen LogP contribution in [0.2, 0.25) is 0 Å². The molecule has 3 nitrogen and oxygen atoms in total. The third kappa shape index (κ3) is 6.22. The van der Waals surface area contributed by atoms with E-state index >= 15 is 0 Å². The van der Waals surface area contributed by atoms with Gasteiger partial charge in [-0.2, -0.15) is 0 Å². The number of nitrogens with zero attached hydrogens (tertiary/aromatic N) is 1. The van der Waals surface area contributed by atoms with Crippen LogP contribution in [0.1, 0.15) is 45.1 Å². The maximum Gasteiger partial charge on any atom is 0.118 e. The molecule has 0 atom stereocenters. The molecule has 1 N–H and O–H groups in total. The predicted molar refractivity (Wildman–Crippen MR) is 76.5 cm³/mol. The van der Waals surface area contributed by atoms with Crippen LogP contribution in [0, 0.1) is 5.92 Å². The molecule has 3 heteroatoms. The van der Waals surface area contributed by atoms with Gasteiger partial charge >= 0.3 is 0 Å². The highest BCUT2D eigenvalue weighted by Gasteiger charge is 2.06. The summed E-state index contributed by atoms with van der Waals surface area (Å²) in [6.07, 6.45) is 2.40. The summed E-state index contributed by atoms with van der Waals surface area (Å²) >= 11 is 0. The van der Waals surface area contributed by atoms with Crippen molar-refractivity contribution in [2.24, 2.45) is 5.92 Å². The van der Waals surface area contributed by atoms with Crippen molar-refractivity contribution in [2.45, 2.75) is 46.7 Å². The Morgan fingerprint density at radius 3 is 2.67 bits per heavy atom. The molecule has 0 saturated heterocycles. The van der Waals surface area contributed by atoms with E-state index in [4.69, 9.17) is 4.42 Å². The van der Waals surface area contributed by atoms with Gasteiger partial charge in [-0.1, -0.05) is 20.8 Å². The highest BCUT2D eigenvalue weighted by atomic mass is 16.3. The van der Waals surface area contributed by atoms with E-state index in [-0.39, 0.29) is 0 Å². The zero-order valence-corrected chi connectivity index (χ0v) is 12.3. The average Bonchev–Trinajstić information content (AvgIpc) is 2.74. The Bertz CT molecular complexity index is 320. The molecule has 0 aromatic carbocycles. The summed E-state index contributed by atoms with van der Waals surface area (Å²) in [5, 5.41) is 3.35. The second-order valence-electron chi connectivity index (χ2n) is 5.47. The fraction of sp³-hybridized carbons (Fsp3) is 0.733. The minimum Gasteiger partial charge on any atom is -0.463 e. The SMILES string of the molecule is CCCNCc1ccc(CN(C)CCC(C)C)o1. The van der Waals surface area contributed by atoms with Crippen LogP contribution in [0.3, 0.4) is 0 Å². The summed E-state index contributed by atoms with van der Waals surface area (Å²) < 4.78 is 5.80. The first-order chi connectivity index (χ1) is 8.61. The van der Waals surface area contributed by atoms with Crippen LogP contribution in [-0.4, -0.2) is 25.0 Å². The average molecular weight is 252 g/mol. The van der Waals surface area contributed by atoms with Crippen molar-refractivity contribution in [3.8, 4) is 0 Å². The Balaban J connectivity index is 2.29. The molecule has 0 spiro atoms. The molecule has 1 rings (SSSR count). The number of rotatable bonds is 9. The number of hydrogen-bond acceptors (Lipinski definition) is 3. The molecule has 1 aromatic heterocycles. The largest absolute Gasteiger partial charge is 0.463 e. The van der Waals surface area contributed by atoms with Gasteiger partial charge in [0.15, 0.2) is 0 Å². The van der Waals surface area contributed by atoms with Gasteiger partial charge in [-0.05, 0) is 51.0 Å². The van der Waals surface area contributed by atoms with Gasteiger partial charge in [0.25, 0.3) is 0 Å². The molecule has 18 heavy (non-hydrogen) atoms. The van der Waals surface area contributed by atoms with Gasteiger partial charge < -0.3 is 9.73 Å². The fourth-order valence-corrected chi connectivity index (χ4v) is 1.81. The van der Waals surface area contributed by atoms with Gasteiger partial charge in [0.05, 0.1) is 13.1 Å². The minimum atomic E-state index is 0.762. The van der Waals surface area contributed by atoms with Gasteiger partial charge in [-0.15, -0.1) is 0 Å². The molecule has 0 radical (unpaired) electrons. The lowest BCUT2D eigenvalue weighted by molar-refractivity contribution is 0.273. The van der Waals surface area contributed by atoms with E-state index in [0.29, 0.717) is 0 Å². The number of furan rings is 1. The third-order valence-corrected chi connectivity index (χ3v) is 2.96. The van der Waals surface area contributed by atoms with Crippen molar-refractivity contribution in [1.82, 2.24) is 10.2 Å². The molecule has 0 fully saturated rings. The van der Waals surface area contributed by atoms with Crippen molar-refractivity contribution < 1.29 is 4.42 Å². The normalized spacial score (nSPS) is 11.7. The lowest BCUT2D eigenvalue weighted by atomic mass is 10.1. The van der Waals surface area contributed by atoms with Gasteiger partial charge in [0, 0.05) is 0 Å². The maximum atomic E-state index is 5.80. The standard InChI is InChI=1S/C15H28N2O/c1-5-9-16-11-14-6-7-15(18-14)12-17(4)10-8-13(2)3/h6-7,13,16H,5,8-12H2,1-4H3. The highest BCUT2D eigenvalue weighted by molar-refractivity contribution is 5.06. The van der Waals surface area contributed by atoms with Crippen molar-refractivity contribution in [1.29, 1.82) is 0 Å². The van der Waals surface area contributed by atoms with Crippen molar-refractivity contribution in [3.63, 3.8) is 0 Å². The second kappa shape index (κ2) is 8.33. The molecular weight excluding hydrogens is 224 g/mol. The first-order valence-electron chi connectivity index (χ1n) is 7.08. The zero-order chi connectivity index (χ0) is 13.4. The van der Waals surface area contributed by atoms with Crippen LogP contribution >= 0.6 is 0 Å². The van der Waals surface area contributed by atoms with Crippen LogP contribution in [-0.2, 0) is 13.1 Å². The minimum absolute atomic E-state index is 0.762. The lowest BCUT2D eigenvalue weighted by Crippen LogP contribution is -2.20. The number of hydrogen-bond donors (Lipinski definition) is 1. The van der Waals surface area contributed by atoms with Crippen LogP contribution < -0.4 is 5.32 Å². The lowest BCUT2D eigenvalue weighted by Gasteiger charge is -2.16. The molecule has 0 saturated carbocycles. The molecule has 0 aliphatic carbocycles. The summed E-state index contributed by atoms with van der Waals surface area (Å²) in [5.41, 5.74) is 0. The molecule has 1 aromatic rings. The van der Waals surface area contributed by atoms with E-state index in [0.717, 1.165) is 50.0 Å². The van der Waals surface area contributed by atoms with Gasteiger partial charge in [-0.3, -0.25) is 4.90 Å². The summed E-state index contributed by atoms with van der Waals surface area (Å²) in [6, 6.07) is 4.17. The van der Waals surface area contributed by atoms with Crippen LogP contribution in [0.5, 0.6) is 0 Å². The Hall–Kier alpha value is -0.800. The summed E-state index contributed by atoms with van der Waals surface area (Å²) in [5.74, 6) is 2.86. The monoisotopic (exact) mass is 252 g/mol. The molecule has 0 aliphatic rings. The van der Waals surface area contributed by atoms with Crippen LogP contribution in [0.4, 0.5) is 0 Å². The van der Waals surface area contributed by atoms with E-state index in [1.807, 2.05) is 0 Å². The van der Waals surface area contributed by atoms with E-state index in [1.54, 1.807) is 0 Å². The van der Waals surface area contributed by atoms with E-state index in [1.165, 1.54) is 6.42 Å². The maximum absolute atomic E-state index is 5.80. The van der Waals surface area contributed by atoms with Crippen molar-refractivity contribution in [3.05, 3.63) is 23.7 Å². The zero-order valence-electron chi connectivity index (χ0n) is 12.3. The van der Waals surface area contributed by atoms with E-state index in [9.17, 15) is 0 Å². The first-order valence-corrected chi connectivity index (χ1v) is 7.08. The number of nitrogens with one attached hydrogen (secondary N) is 1. The Morgan fingerprint density at radius 1 is 1.28 bits per heavy atom. The smallest absolute Gasteiger partial charge is 0.118 e. The predicted octanol–water partition coefficient (Wildman–Crippen LogP) is 3.26. The summed E-state index contributed by atoms with van der Waals surface area (Å²) in [7, 11) is 2.15. The van der Waals surface area contributed by atoms with E-state index in [2.05, 4.69) is 50.2 Å². The third-order valence-electron chi connectivity index (χ3n) is 2.96.